The molecule has 0 spiro atoms. The zero-order valence-electron chi connectivity index (χ0n) is 14.4. The average Bonchev–Trinajstić information content (AvgIpc) is 3.04. The number of likely N-dealkylation sites (tertiary alicyclic amines) is 1. The first-order valence-corrected chi connectivity index (χ1v) is 8.30. The van der Waals surface area contributed by atoms with E-state index in [-0.39, 0.29) is 6.10 Å². The number of aliphatic carboxylic acids is 1. The van der Waals surface area contributed by atoms with Crippen LogP contribution in [0.25, 0.3) is 16.8 Å². The molecule has 1 fully saturated rings. The van der Waals surface area contributed by atoms with E-state index in [2.05, 4.69) is 11.6 Å². The fraction of sp³-hybridized carbons (Fsp3) is 0.368. The Morgan fingerprint density at radius 3 is 2.92 bits per heavy atom. The van der Waals surface area contributed by atoms with Crippen LogP contribution in [0.3, 0.4) is 0 Å². The third-order valence-corrected chi connectivity index (χ3v) is 4.63. The maximum atomic E-state index is 11.4. The van der Waals surface area contributed by atoms with E-state index >= 15 is 0 Å². The molecule has 25 heavy (non-hydrogen) atoms. The third-order valence-electron chi connectivity index (χ3n) is 4.63. The Morgan fingerprint density at radius 1 is 1.52 bits per heavy atom. The van der Waals surface area contributed by atoms with Crippen LogP contribution in [0.5, 0.6) is 11.6 Å². The van der Waals surface area contributed by atoms with Crippen molar-refractivity contribution >= 4 is 22.8 Å². The molecule has 0 aliphatic carbocycles. The van der Waals surface area contributed by atoms with Crippen molar-refractivity contribution in [3.05, 3.63) is 36.5 Å². The van der Waals surface area contributed by atoms with E-state index in [0.717, 1.165) is 22.1 Å². The summed E-state index contributed by atoms with van der Waals surface area (Å²) in [5.41, 5.74) is 0.859. The number of carbonyl (C=O) groups is 1. The fourth-order valence-electron chi connectivity index (χ4n) is 3.33. The quantitative estimate of drug-likeness (QED) is 0.870. The van der Waals surface area contributed by atoms with Gasteiger partial charge in [-0.15, -0.1) is 0 Å². The van der Waals surface area contributed by atoms with Crippen LogP contribution in [0.15, 0.2) is 31.0 Å². The molecule has 1 aliphatic heterocycles. The first-order chi connectivity index (χ1) is 12.1. The summed E-state index contributed by atoms with van der Waals surface area (Å²) in [4.78, 5) is 17.7. The van der Waals surface area contributed by atoms with Gasteiger partial charge in [-0.25, -0.2) is 4.98 Å². The Morgan fingerprint density at radius 2 is 2.32 bits per heavy atom. The van der Waals surface area contributed by atoms with Gasteiger partial charge in [-0.05, 0) is 30.1 Å². The maximum absolute atomic E-state index is 11.4. The molecule has 1 aliphatic rings. The second-order valence-corrected chi connectivity index (χ2v) is 6.05. The van der Waals surface area contributed by atoms with Gasteiger partial charge < -0.3 is 14.6 Å². The van der Waals surface area contributed by atoms with Gasteiger partial charge in [0.25, 0.3) is 0 Å². The predicted molar refractivity (Wildman–Crippen MR) is 96.1 cm³/mol. The minimum atomic E-state index is -0.808. The molecule has 0 saturated carbocycles. The number of likely N-dealkylation sites (N-methyl/N-ethyl adjacent to an activating group) is 1. The van der Waals surface area contributed by atoms with E-state index in [9.17, 15) is 9.90 Å². The number of nitrogens with zero attached hydrogens (tertiary/aromatic N) is 2. The highest BCUT2D eigenvalue weighted by molar-refractivity contribution is 5.90. The van der Waals surface area contributed by atoms with Gasteiger partial charge in [0.1, 0.15) is 17.9 Å². The summed E-state index contributed by atoms with van der Waals surface area (Å²) in [6.45, 7) is 7.03. The first-order valence-electron chi connectivity index (χ1n) is 8.30. The summed E-state index contributed by atoms with van der Waals surface area (Å²) in [6, 6.07) is 5.25. The summed E-state index contributed by atoms with van der Waals surface area (Å²) < 4.78 is 11.5. The normalized spacial score (nSPS) is 20.6. The molecule has 6 heteroatoms. The summed E-state index contributed by atoms with van der Waals surface area (Å²) in [5.74, 6) is 0.441. The van der Waals surface area contributed by atoms with Crippen LogP contribution >= 0.6 is 0 Å². The van der Waals surface area contributed by atoms with E-state index in [1.165, 1.54) is 0 Å². The summed E-state index contributed by atoms with van der Waals surface area (Å²) in [6.07, 6.45) is 3.66. The molecule has 0 bridgehead atoms. The number of benzene rings is 1. The van der Waals surface area contributed by atoms with Gasteiger partial charge in [-0.3, -0.25) is 9.69 Å². The van der Waals surface area contributed by atoms with E-state index < -0.39 is 12.0 Å². The van der Waals surface area contributed by atoms with Gasteiger partial charge in [0.05, 0.1) is 7.11 Å². The van der Waals surface area contributed by atoms with Gasteiger partial charge >= 0.3 is 5.97 Å². The van der Waals surface area contributed by atoms with Crippen LogP contribution < -0.4 is 9.47 Å². The van der Waals surface area contributed by atoms with Gasteiger partial charge in [0, 0.05) is 30.1 Å². The van der Waals surface area contributed by atoms with Crippen LogP contribution in [0.1, 0.15) is 18.9 Å². The monoisotopic (exact) mass is 342 g/mol. The number of carboxylic acid groups (broad SMARTS) is 1. The van der Waals surface area contributed by atoms with Crippen molar-refractivity contribution < 1.29 is 19.4 Å². The lowest BCUT2D eigenvalue weighted by Crippen LogP contribution is -2.35. The van der Waals surface area contributed by atoms with E-state index in [1.807, 2.05) is 30.0 Å². The molecule has 6 nitrogen and oxygen atoms in total. The largest absolute Gasteiger partial charge is 0.496 e. The molecule has 0 radical (unpaired) electrons. The Balaban J connectivity index is 1.92. The number of pyridine rings is 1. The van der Waals surface area contributed by atoms with Crippen LogP contribution in [0.2, 0.25) is 0 Å². The molecule has 1 saturated heterocycles. The van der Waals surface area contributed by atoms with E-state index in [1.54, 1.807) is 19.4 Å². The zero-order valence-corrected chi connectivity index (χ0v) is 14.4. The number of ether oxygens (including phenoxy) is 2. The molecule has 2 atom stereocenters. The molecule has 0 unspecified atom stereocenters. The van der Waals surface area contributed by atoms with Crippen molar-refractivity contribution in [1.29, 1.82) is 0 Å². The van der Waals surface area contributed by atoms with Crippen LogP contribution in [-0.4, -0.2) is 53.3 Å². The van der Waals surface area contributed by atoms with Crippen LogP contribution in [-0.2, 0) is 4.79 Å². The number of methoxy groups -OCH3 is 1. The van der Waals surface area contributed by atoms with Crippen LogP contribution in [0.4, 0.5) is 0 Å². The number of carboxylic acids is 1. The highest BCUT2D eigenvalue weighted by atomic mass is 16.5. The van der Waals surface area contributed by atoms with Gasteiger partial charge in [-0.1, -0.05) is 19.6 Å². The van der Waals surface area contributed by atoms with E-state index in [4.69, 9.17) is 9.47 Å². The molecule has 2 aromatic rings. The lowest BCUT2D eigenvalue weighted by atomic mass is 10.1. The zero-order chi connectivity index (χ0) is 18.0. The average molecular weight is 342 g/mol. The number of hydrogen-bond acceptors (Lipinski definition) is 5. The molecule has 3 rings (SSSR count). The van der Waals surface area contributed by atoms with Crippen LogP contribution in [0, 0.1) is 0 Å². The highest BCUT2D eigenvalue weighted by Crippen LogP contribution is 2.32. The Labute approximate surface area is 146 Å². The van der Waals surface area contributed by atoms with Crippen molar-refractivity contribution in [3.8, 4) is 11.6 Å². The number of hydrogen-bond donors (Lipinski definition) is 1. The van der Waals surface area contributed by atoms with Crippen molar-refractivity contribution in [1.82, 2.24) is 9.88 Å². The predicted octanol–water partition coefficient (Wildman–Crippen LogP) is 2.81. The smallest absolute Gasteiger partial charge is 0.321 e. The highest BCUT2D eigenvalue weighted by Gasteiger charge is 2.37. The SMILES string of the molecule is C=Cc1cc2c(O[C@@H]3C[C@@H](C(=O)O)N(CC)C3)nccc2cc1OC. The first kappa shape index (κ1) is 17.2. The minimum Gasteiger partial charge on any atom is -0.496 e. The third kappa shape index (κ3) is 3.30. The summed E-state index contributed by atoms with van der Waals surface area (Å²) in [7, 11) is 1.62. The van der Waals surface area contributed by atoms with Crippen molar-refractivity contribution in [2.24, 2.45) is 0 Å². The summed E-state index contributed by atoms with van der Waals surface area (Å²) in [5, 5.41) is 11.2. The lowest BCUT2D eigenvalue weighted by molar-refractivity contribution is -0.142. The topological polar surface area (TPSA) is 71.9 Å². The minimum absolute atomic E-state index is 0.201. The lowest BCUT2D eigenvalue weighted by Gasteiger charge is -2.18. The Kier molecular flexibility index (Phi) is 4.90. The van der Waals surface area contributed by atoms with E-state index in [0.29, 0.717) is 25.4 Å². The molecular weight excluding hydrogens is 320 g/mol. The van der Waals surface area contributed by atoms with Crippen molar-refractivity contribution in [2.45, 2.75) is 25.5 Å². The fourth-order valence-corrected chi connectivity index (χ4v) is 3.33. The maximum Gasteiger partial charge on any atom is 0.321 e. The van der Waals surface area contributed by atoms with Gasteiger partial charge in [-0.2, -0.15) is 0 Å². The Bertz CT molecular complexity index is 805. The number of aromatic nitrogens is 1. The van der Waals surface area contributed by atoms with Gasteiger partial charge in [0.2, 0.25) is 5.88 Å². The standard InChI is InChI=1S/C19H22N2O4/c1-4-12-8-15-13(9-17(12)24-3)6-7-20-18(15)25-14-10-16(19(22)23)21(5-2)11-14/h4,6-9,14,16H,1,5,10-11H2,2-3H3,(H,22,23)/t14-,16+/m1/s1. The van der Waals surface area contributed by atoms with Crippen molar-refractivity contribution in [2.75, 3.05) is 20.2 Å². The van der Waals surface area contributed by atoms with Crippen molar-refractivity contribution in [3.63, 3.8) is 0 Å². The molecule has 0 amide bonds. The molecule has 132 valence electrons. The molecule has 1 aromatic carbocycles. The molecule has 1 N–H and O–H groups in total. The summed E-state index contributed by atoms with van der Waals surface area (Å²) >= 11 is 0. The number of rotatable bonds is 6. The molecule has 1 aromatic heterocycles. The van der Waals surface area contributed by atoms with Gasteiger partial charge in [0.15, 0.2) is 0 Å². The molecular formula is C19H22N2O4. The second-order valence-electron chi connectivity index (χ2n) is 6.05. The Hall–Kier alpha value is -2.60. The number of fused-ring (bicyclic) bond motifs is 1. The second kappa shape index (κ2) is 7.11. The molecule has 2 heterocycles.